The van der Waals surface area contributed by atoms with Crippen LogP contribution in [0.5, 0.6) is 0 Å². The van der Waals surface area contributed by atoms with E-state index in [0.717, 1.165) is 23.1 Å². The molecule has 116 valence electrons. The molecule has 21 heavy (non-hydrogen) atoms. The van der Waals surface area contributed by atoms with Crippen molar-refractivity contribution in [2.45, 2.75) is 51.5 Å². The zero-order valence-corrected chi connectivity index (χ0v) is 13.9. The lowest BCUT2D eigenvalue weighted by Crippen LogP contribution is -2.36. The molecule has 0 aromatic carbocycles. The Hall–Kier alpha value is -1.07. The Morgan fingerprint density at radius 2 is 2.14 bits per heavy atom. The monoisotopic (exact) mass is 306 g/mol. The van der Waals surface area contributed by atoms with Gasteiger partial charge in [0.15, 0.2) is 10.8 Å². The van der Waals surface area contributed by atoms with E-state index >= 15 is 0 Å². The van der Waals surface area contributed by atoms with Gasteiger partial charge in [-0.15, -0.1) is 11.3 Å². The van der Waals surface area contributed by atoms with Crippen molar-refractivity contribution >= 4 is 22.1 Å². The van der Waals surface area contributed by atoms with E-state index in [4.69, 9.17) is 10.7 Å². The van der Waals surface area contributed by atoms with Gasteiger partial charge in [-0.2, -0.15) is 0 Å². The summed E-state index contributed by atoms with van der Waals surface area (Å²) in [7, 11) is 2.21. The van der Waals surface area contributed by atoms with Gasteiger partial charge in [-0.3, -0.25) is 4.40 Å². The third-order valence-electron chi connectivity index (χ3n) is 5.00. The first-order valence-electron chi connectivity index (χ1n) is 8.11. The highest BCUT2D eigenvalue weighted by molar-refractivity contribution is 7.15. The average Bonchev–Trinajstić information content (AvgIpc) is 3.09. The van der Waals surface area contributed by atoms with E-state index in [9.17, 15) is 0 Å². The predicted molar refractivity (Wildman–Crippen MR) is 90.3 cm³/mol. The lowest BCUT2D eigenvalue weighted by Gasteiger charge is -2.35. The molecule has 0 radical (unpaired) electrons. The molecule has 2 aromatic heterocycles. The van der Waals surface area contributed by atoms with Crippen LogP contribution in [0.3, 0.4) is 0 Å². The van der Waals surface area contributed by atoms with Gasteiger partial charge in [-0.1, -0.05) is 13.3 Å². The molecule has 1 aliphatic carbocycles. The molecular formula is C16H26N4S. The molecule has 0 bridgehead atoms. The van der Waals surface area contributed by atoms with Crippen molar-refractivity contribution in [3.63, 3.8) is 0 Å². The number of imidazole rings is 1. The molecule has 0 unspecified atom stereocenters. The molecule has 2 heterocycles. The third kappa shape index (κ3) is 2.81. The Kier molecular flexibility index (Phi) is 4.50. The molecule has 0 atom stereocenters. The highest BCUT2D eigenvalue weighted by atomic mass is 32.1. The molecule has 3 rings (SSSR count). The SMILES string of the molecule is CCC1CCC(N(C)c2nc3sccn3c2CCN)CC1. The van der Waals surface area contributed by atoms with Gasteiger partial charge < -0.3 is 10.6 Å². The van der Waals surface area contributed by atoms with Crippen LogP contribution in [0.1, 0.15) is 44.7 Å². The average molecular weight is 306 g/mol. The minimum atomic E-state index is 0.633. The first kappa shape index (κ1) is 14.9. The fraction of sp³-hybridized carbons (Fsp3) is 0.688. The fourth-order valence-electron chi connectivity index (χ4n) is 3.59. The van der Waals surface area contributed by atoms with Crippen LogP contribution in [0.25, 0.3) is 4.96 Å². The summed E-state index contributed by atoms with van der Waals surface area (Å²) in [4.78, 5) is 8.36. The van der Waals surface area contributed by atoms with E-state index in [1.165, 1.54) is 37.8 Å². The highest BCUT2D eigenvalue weighted by Gasteiger charge is 2.26. The normalized spacial score (nSPS) is 22.8. The maximum Gasteiger partial charge on any atom is 0.195 e. The van der Waals surface area contributed by atoms with Crippen molar-refractivity contribution in [1.29, 1.82) is 0 Å². The minimum absolute atomic E-state index is 0.633. The number of nitrogens with zero attached hydrogens (tertiary/aromatic N) is 3. The van der Waals surface area contributed by atoms with Crippen LogP contribution < -0.4 is 10.6 Å². The summed E-state index contributed by atoms with van der Waals surface area (Å²) in [5, 5.41) is 2.10. The number of thiazole rings is 1. The van der Waals surface area contributed by atoms with Gasteiger partial charge in [0.25, 0.3) is 0 Å². The number of anilines is 1. The van der Waals surface area contributed by atoms with Crippen molar-refractivity contribution in [2.24, 2.45) is 11.7 Å². The standard InChI is InChI=1S/C16H26N4S/c1-3-12-4-6-13(7-5-12)19(2)15-14(8-9-17)20-10-11-21-16(20)18-15/h10-13H,3-9,17H2,1-2H3. The Labute approximate surface area is 131 Å². The second-order valence-electron chi connectivity index (χ2n) is 6.17. The van der Waals surface area contributed by atoms with Gasteiger partial charge in [-0.25, -0.2) is 4.98 Å². The highest BCUT2D eigenvalue weighted by Crippen LogP contribution is 2.33. The summed E-state index contributed by atoms with van der Waals surface area (Å²) in [5.74, 6) is 2.08. The van der Waals surface area contributed by atoms with Crippen LogP contribution in [0.15, 0.2) is 11.6 Å². The zero-order valence-electron chi connectivity index (χ0n) is 13.1. The Morgan fingerprint density at radius 1 is 1.38 bits per heavy atom. The van der Waals surface area contributed by atoms with Gasteiger partial charge >= 0.3 is 0 Å². The Morgan fingerprint density at radius 3 is 2.81 bits per heavy atom. The number of aromatic nitrogens is 2. The molecule has 0 spiro atoms. The summed E-state index contributed by atoms with van der Waals surface area (Å²) >= 11 is 1.70. The van der Waals surface area contributed by atoms with Gasteiger partial charge in [0.1, 0.15) is 0 Å². The quantitative estimate of drug-likeness (QED) is 0.922. The van der Waals surface area contributed by atoms with E-state index in [1.807, 2.05) is 0 Å². The smallest absolute Gasteiger partial charge is 0.195 e. The second kappa shape index (κ2) is 6.36. The zero-order chi connectivity index (χ0) is 14.8. The van der Waals surface area contributed by atoms with Crippen LogP contribution in [-0.4, -0.2) is 29.0 Å². The van der Waals surface area contributed by atoms with Crippen molar-refractivity contribution in [1.82, 2.24) is 9.38 Å². The molecule has 4 nitrogen and oxygen atoms in total. The lowest BCUT2D eigenvalue weighted by atomic mass is 9.84. The number of hydrogen-bond donors (Lipinski definition) is 1. The number of nitrogens with two attached hydrogens (primary N) is 1. The summed E-state index contributed by atoms with van der Waals surface area (Å²) in [6.07, 6.45) is 9.64. The van der Waals surface area contributed by atoms with Crippen LogP contribution in [-0.2, 0) is 6.42 Å². The second-order valence-corrected chi connectivity index (χ2v) is 7.04. The van der Waals surface area contributed by atoms with E-state index in [2.05, 4.69) is 34.8 Å². The maximum absolute atomic E-state index is 5.81. The van der Waals surface area contributed by atoms with Gasteiger partial charge in [0, 0.05) is 31.1 Å². The summed E-state index contributed by atoms with van der Waals surface area (Å²) < 4.78 is 2.21. The fourth-order valence-corrected chi connectivity index (χ4v) is 4.31. The summed E-state index contributed by atoms with van der Waals surface area (Å²) in [6.45, 7) is 2.99. The molecular weight excluding hydrogens is 280 g/mol. The molecule has 1 fully saturated rings. The van der Waals surface area contributed by atoms with Crippen LogP contribution in [0, 0.1) is 5.92 Å². The van der Waals surface area contributed by atoms with Crippen molar-refractivity contribution in [2.75, 3.05) is 18.5 Å². The largest absolute Gasteiger partial charge is 0.355 e. The number of rotatable bonds is 5. The van der Waals surface area contributed by atoms with E-state index in [0.29, 0.717) is 12.6 Å². The summed E-state index contributed by atoms with van der Waals surface area (Å²) in [6, 6.07) is 0.633. The third-order valence-corrected chi connectivity index (χ3v) is 5.75. The lowest BCUT2D eigenvalue weighted by molar-refractivity contribution is 0.313. The molecule has 1 aliphatic rings. The van der Waals surface area contributed by atoms with Gasteiger partial charge in [-0.05, 0) is 38.1 Å². The maximum atomic E-state index is 5.81. The van der Waals surface area contributed by atoms with Crippen molar-refractivity contribution in [3.8, 4) is 0 Å². The molecule has 0 saturated heterocycles. The van der Waals surface area contributed by atoms with E-state index < -0.39 is 0 Å². The topological polar surface area (TPSA) is 46.6 Å². The molecule has 5 heteroatoms. The number of hydrogen-bond acceptors (Lipinski definition) is 4. The number of fused-ring (bicyclic) bond motifs is 1. The summed E-state index contributed by atoms with van der Waals surface area (Å²) in [5.41, 5.74) is 7.08. The van der Waals surface area contributed by atoms with Crippen molar-refractivity contribution in [3.05, 3.63) is 17.3 Å². The molecule has 2 aromatic rings. The van der Waals surface area contributed by atoms with E-state index in [-0.39, 0.29) is 0 Å². The predicted octanol–water partition coefficient (Wildman–Crippen LogP) is 3.30. The Bertz CT molecular complexity index is 580. The molecule has 0 aliphatic heterocycles. The first-order valence-corrected chi connectivity index (χ1v) is 8.99. The molecule has 1 saturated carbocycles. The van der Waals surface area contributed by atoms with Gasteiger partial charge in [0.05, 0.1) is 5.69 Å². The first-order chi connectivity index (χ1) is 10.2. The molecule has 2 N–H and O–H groups in total. The van der Waals surface area contributed by atoms with Gasteiger partial charge in [0.2, 0.25) is 0 Å². The van der Waals surface area contributed by atoms with E-state index in [1.54, 1.807) is 11.3 Å². The Balaban J connectivity index is 1.82. The van der Waals surface area contributed by atoms with Crippen LogP contribution in [0.4, 0.5) is 5.82 Å². The minimum Gasteiger partial charge on any atom is -0.355 e. The van der Waals surface area contributed by atoms with Crippen LogP contribution >= 0.6 is 11.3 Å². The molecule has 0 amide bonds. The van der Waals surface area contributed by atoms with Crippen LogP contribution in [0.2, 0.25) is 0 Å². The van der Waals surface area contributed by atoms with Crippen molar-refractivity contribution < 1.29 is 0 Å².